The lowest BCUT2D eigenvalue weighted by Gasteiger charge is -2.15. The van der Waals surface area contributed by atoms with E-state index in [2.05, 4.69) is 4.98 Å². The number of hydrogen-bond acceptors (Lipinski definition) is 6. The minimum atomic E-state index is -1.29. The summed E-state index contributed by atoms with van der Waals surface area (Å²) in [6, 6.07) is 13.4. The molecule has 0 spiro atoms. The fourth-order valence-electron chi connectivity index (χ4n) is 2.86. The molecule has 2 N–H and O–H groups in total. The van der Waals surface area contributed by atoms with Crippen molar-refractivity contribution in [3.63, 3.8) is 0 Å². The predicted molar refractivity (Wildman–Crippen MR) is 112 cm³/mol. The summed E-state index contributed by atoms with van der Waals surface area (Å²) in [4.78, 5) is 30.1. The highest BCUT2D eigenvalue weighted by Crippen LogP contribution is 2.37. The van der Waals surface area contributed by atoms with Crippen LogP contribution in [-0.4, -0.2) is 31.4 Å². The number of carboxylic acid groups (broad SMARTS) is 1. The third kappa shape index (κ3) is 3.23. The summed E-state index contributed by atoms with van der Waals surface area (Å²) >= 11 is 6.46. The van der Waals surface area contributed by atoms with Crippen LogP contribution in [0.2, 0.25) is 0 Å². The summed E-state index contributed by atoms with van der Waals surface area (Å²) < 4.78 is 0.292. The molecule has 0 bridgehead atoms. The molecule has 0 unspecified atom stereocenters. The molecule has 2 aromatic carbocycles. The number of thiocarbonyl (C=S) groups is 1. The lowest BCUT2D eigenvalue weighted by molar-refractivity contribution is -0.113. The van der Waals surface area contributed by atoms with Crippen molar-refractivity contribution >= 4 is 62.8 Å². The minimum Gasteiger partial charge on any atom is -0.507 e. The Kier molecular flexibility index (Phi) is 4.58. The van der Waals surface area contributed by atoms with Gasteiger partial charge in [0.2, 0.25) is 0 Å². The zero-order valence-corrected chi connectivity index (χ0v) is 15.8. The number of rotatable bonds is 3. The number of aromatic hydroxyl groups is 1. The van der Waals surface area contributed by atoms with Crippen molar-refractivity contribution in [1.82, 2.24) is 4.98 Å². The minimum absolute atomic E-state index is 0.292. The standard InChI is InChI=1S/C20H12N2O4S2/c23-16-6-4-13(10-14(16)19(25)26)22-18(24)17(28-20(22)27)9-11-3-5-15-12(8-11)2-1-7-21-15/h1-10,23H,(H,25,26). The number of aromatic nitrogens is 1. The zero-order chi connectivity index (χ0) is 19.8. The second-order valence-electron chi connectivity index (χ2n) is 5.98. The van der Waals surface area contributed by atoms with Crippen LogP contribution in [0.25, 0.3) is 17.0 Å². The van der Waals surface area contributed by atoms with Crippen molar-refractivity contribution in [2.45, 2.75) is 0 Å². The van der Waals surface area contributed by atoms with Crippen LogP contribution in [0.15, 0.2) is 59.6 Å². The maximum atomic E-state index is 12.9. The summed E-state index contributed by atoms with van der Waals surface area (Å²) in [5, 5.41) is 19.8. The van der Waals surface area contributed by atoms with Crippen LogP contribution in [0.3, 0.4) is 0 Å². The summed E-state index contributed by atoms with van der Waals surface area (Å²) in [6.45, 7) is 0. The number of carbonyl (C=O) groups is 2. The number of thioether (sulfide) groups is 1. The Morgan fingerprint density at radius 3 is 2.79 bits per heavy atom. The Labute approximate surface area is 169 Å². The molecule has 4 rings (SSSR count). The van der Waals surface area contributed by atoms with Crippen LogP contribution >= 0.6 is 24.0 Å². The molecule has 0 radical (unpaired) electrons. The molecule has 1 fully saturated rings. The van der Waals surface area contributed by atoms with Gasteiger partial charge in [-0.25, -0.2) is 4.79 Å². The Hall–Kier alpha value is -3.23. The van der Waals surface area contributed by atoms with Gasteiger partial charge in [-0.05, 0) is 48.0 Å². The van der Waals surface area contributed by atoms with E-state index in [9.17, 15) is 19.8 Å². The van der Waals surface area contributed by atoms with Crippen LogP contribution in [0.5, 0.6) is 5.75 Å². The van der Waals surface area contributed by atoms with Crippen molar-refractivity contribution in [3.8, 4) is 5.75 Å². The van der Waals surface area contributed by atoms with Crippen molar-refractivity contribution in [2.75, 3.05) is 4.90 Å². The topological polar surface area (TPSA) is 90.7 Å². The highest BCUT2D eigenvalue weighted by atomic mass is 32.2. The Bertz CT molecular complexity index is 1190. The van der Waals surface area contributed by atoms with Crippen molar-refractivity contribution in [1.29, 1.82) is 0 Å². The fourth-order valence-corrected chi connectivity index (χ4v) is 4.16. The van der Waals surface area contributed by atoms with E-state index in [1.54, 1.807) is 12.3 Å². The van der Waals surface area contributed by atoms with Crippen LogP contribution in [0.1, 0.15) is 15.9 Å². The fraction of sp³-hybridized carbons (Fsp3) is 0. The molecule has 0 saturated carbocycles. The summed E-state index contributed by atoms with van der Waals surface area (Å²) in [5.41, 5.74) is 1.69. The summed E-state index contributed by atoms with van der Waals surface area (Å²) in [5.74, 6) is -2.00. The summed E-state index contributed by atoms with van der Waals surface area (Å²) in [7, 11) is 0. The average molecular weight is 408 g/mol. The first-order valence-electron chi connectivity index (χ1n) is 8.13. The quantitative estimate of drug-likeness (QED) is 0.499. The van der Waals surface area contributed by atoms with Gasteiger partial charge in [-0.3, -0.25) is 14.7 Å². The molecule has 8 heteroatoms. The van der Waals surface area contributed by atoms with Gasteiger partial charge in [0.25, 0.3) is 5.91 Å². The van der Waals surface area contributed by atoms with Gasteiger partial charge in [-0.15, -0.1) is 0 Å². The number of carbonyl (C=O) groups excluding carboxylic acids is 1. The zero-order valence-electron chi connectivity index (χ0n) is 14.2. The Balaban J connectivity index is 1.69. The van der Waals surface area contributed by atoms with E-state index >= 15 is 0 Å². The van der Waals surface area contributed by atoms with Crippen LogP contribution in [0, 0.1) is 0 Å². The van der Waals surface area contributed by atoms with E-state index in [1.165, 1.54) is 23.1 Å². The number of pyridine rings is 1. The summed E-state index contributed by atoms with van der Waals surface area (Å²) in [6.07, 6.45) is 3.46. The third-order valence-corrected chi connectivity index (χ3v) is 5.49. The number of fused-ring (bicyclic) bond motifs is 1. The molecule has 0 aliphatic carbocycles. The number of carboxylic acids is 1. The first-order chi connectivity index (χ1) is 13.4. The van der Waals surface area contributed by atoms with E-state index < -0.39 is 5.97 Å². The average Bonchev–Trinajstić information content (AvgIpc) is 2.95. The van der Waals surface area contributed by atoms with Gasteiger partial charge in [0, 0.05) is 11.6 Å². The number of aromatic carboxylic acids is 1. The molecule has 1 aliphatic rings. The SMILES string of the molecule is O=C(O)c1cc(N2C(=O)C(=Cc3ccc4ncccc4c3)SC2=S)ccc1O. The maximum Gasteiger partial charge on any atom is 0.339 e. The number of amides is 1. The van der Waals surface area contributed by atoms with Crippen LogP contribution in [0.4, 0.5) is 5.69 Å². The van der Waals surface area contributed by atoms with E-state index in [0.717, 1.165) is 28.2 Å². The Morgan fingerprint density at radius 2 is 2.00 bits per heavy atom. The van der Waals surface area contributed by atoms with Gasteiger partial charge in [0.1, 0.15) is 11.3 Å². The lowest BCUT2D eigenvalue weighted by atomic mass is 10.1. The van der Waals surface area contributed by atoms with E-state index in [4.69, 9.17) is 12.2 Å². The molecular formula is C20H12N2O4S2. The van der Waals surface area contributed by atoms with E-state index in [1.807, 2.05) is 30.3 Å². The van der Waals surface area contributed by atoms with Crippen molar-refractivity contribution in [2.24, 2.45) is 0 Å². The van der Waals surface area contributed by atoms with Gasteiger partial charge in [0.05, 0.1) is 16.1 Å². The second-order valence-corrected chi connectivity index (χ2v) is 7.66. The molecule has 138 valence electrons. The van der Waals surface area contributed by atoms with Gasteiger partial charge >= 0.3 is 5.97 Å². The molecule has 2 heterocycles. The monoisotopic (exact) mass is 408 g/mol. The lowest BCUT2D eigenvalue weighted by Crippen LogP contribution is -2.27. The first-order valence-corrected chi connectivity index (χ1v) is 9.35. The molecular weight excluding hydrogens is 396 g/mol. The Morgan fingerprint density at radius 1 is 1.18 bits per heavy atom. The van der Waals surface area contributed by atoms with Gasteiger partial charge in [-0.2, -0.15) is 0 Å². The van der Waals surface area contributed by atoms with Crippen LogP contribution < -0.4 is 4.90 Å². The molecule has 1 aliphatic heterocycles. The smallest absolute Gasteiger partial charge is 0.339 e. The van der Waals surface area contributed by atoms with Crippen molar-refractivity contribution in [3.05, 3.63) is 70.8 Å². The molecule has 28 heavy (non-hydrogen) atoms. The maximum absolute atomic E-state index is 12.9. The van der Waals surface area contributed by atoms with Gasteiger partial charge < -0.3 is 10.2 Å². The first kappa shape index (κ1) is 18.1. The molecule has 3 aromatic rings. The number of anilines is 1. The molecule has 1 aromatic heterocycles. The highest BCUT2D eigenvalue weighted by molar-refractivity contribution is 8.27. The normalized spacial score (nSPS) is 15.6. The van der Waals surface area contributed by atoms with E-state index in [0.29, 0.717) is 14.9 Å². The third-order valence-electron chi connectivity index (χ3n) is 4.19. The molecule has 6 nitrogen and oxygen atoms in total. The second kappa shape index (κ2) is 7.06. The highest BCUT2D eigenvalue weighted by Gasteiger charge is 2.34. The van der Waals surface area contributed by atoms with E-state index in [-0.39, 0.29) is 17.2 Å². The molecule has 1 amide bonds. The predicted octanol–water partition coefficient (Wildman–Crippen LogP) is 4.04. The number of nitrogens with zero attached hydrogens (tertiary/aromatic N) is 2. The molecule has 0 atom stereocenters. The van der Waals surface area contributed by atoms with Gasteiger partial charge in [0.15, 0.2) is 4.32 Å². The van der Waals surface area contributed by atoms with Crippen LogP contribution in [-0.2, 0) is 4.79 Å². The number of phenols is 1. The number of benzene rings is 2. The van der Waals surface area contributed by atoms with Gasteiger partial charge in [-0.1, -0.05) is 36.1 Å². The molecule has 1 saturated heterocycles. The van der Waals surface area contributed by atoms with Crippen molar-refractivity contribution < 1.29 is 19.8 Å². The number of hydrogen-bond donors (Lipinski definition) is 2. The largest absolute Gasteiger partial charge is 0.507 e.